The minimum Gasteiger partial charge on any atom is -0.670 e. The molecule has 4 aliphatic carbocycles. The number of aromatic nitrogens is 1. The Bertz CT molecular complexity index is 2110. The van der Waals surface area contributed by atoms with Crippen LogP contribution in [0.3, 0.4) is 0 Å². The quantitative estimate of drug-likeness (QED) is 0.0765. The van der Waals surface area contributed by atoms with Gasteiger partial charge in [0.2, 0.25) is 5.75 Å². The molecule has 5 fully saturated rings. The van der Waals surface area contributed by atoms with Crippen molar-refractivity contribution in [1.82, 2.24) is 4.98 Å². The van der Waals surface area contributed by atoms with Gasteiger partial charge >= 0.3 is 0 Å². The maximum atomic E-state index is 12.5. The number of nitrogens with zero attached hydrogens (tertiary/aromatic N) is 1. The molecule has 0 bridgehead atoms. The Morgan fingerprint density at radius 3 is 2.34 bits per heavy atom. The van der Waals surface area contributed by atoms with Crippen molar-refractivity contribution in [3.8, 4) is 23.0 Å². The van der Waals surface area contributed by atoms with Gasteiger partial charge in [0.1, 0.15) is 5.75 Å². The number of phenolic OH excluding ortho intramolecular Hbond substituents is 2. The molecule has 0 spiro atoms. The largest absolute Gasteiger partial charge is 0.670 e. The molecule has 0 amide bonds. The van der Waals surface area contributed by atoms with Crippen LogP contribution in [0.25, 0.3) is 0 Å². The number of hydrogen-bond donors (Lipinski definition) is 6. The van der Waals surface area contributed by atoms with E-state index in [1.807, 2.05) is 12.1 Å². The second-order valence-corrected chi connectivity index (χ2v) is 19.9. The zero-order valence-electron chi connectivity index (χ0n) is 36.5. The topological polar surface area (TPSA) is 154 Å². The van der Waals surface area contributed by atoms with E-state index in [1.165, 1.54) is 57.6 Å². The smallest absolute Gasteiger partial charge is 0.201 e. The van der Waals surface area contributed by atoms with E-state index >= 15 is 0 Å². The van der Waals surface area contributed by atoms with E-state index in [0.29, 0.717) is 35.6 Å². The number of rotatable bonds is 12. The summed E-state index contributed by atoms with van der Waals surface area (Å²) in [5.41, 5.74) is 5.63. The summed E-state index contributed by atoms with van der Waals surface area (Å²) >= 11 is 0. The molecular formula is C53H68NO8-. The van der Waals surface area contributed by atoms with Gasteiger partial charge in [-0.15, -0.1) is 0 Å². The fourth-order valence-electron chi connectivity index (χ4n) is 13.5. The Morgan fingerprint density at radius 1 is 0.823 bits per heavy atom. The predicted molar refractivity (Wildman–Crippen MR) is 239 cm³/mol. The molecule has 9 atom stereocenters. The zero-order valence-corrected chi connectivity index (χ0v) is 36.5. The van der Waals surface area contributed by atoms with Gasteiger partial charge in [-0.05, 0) is 128 Å². The van der Waals surface area contributed by atoms with Crippen molar-refractivity contribution in [2.24, 2.45) is 23.7 Å². The van der Waals surface area contributed by atoms with Crippen LogP contribution in [0.15, 0.2) is 67.0 Å². The van der Waals surface area contributed by atoms with Crippen LogP contribution in [0.1, 0.15) is 166 Å². The van der Waals surface area contributed by atoms with Crippen LogP contribution in [0, 0.1) is 23.7 Å². The van der Waals surface area contributed by atoms with Gasteiger partial charge in [-0.3, -0.25) is 0 Å². The first-order valence-corrected chi connectivity index (χ1v) is 23.9. The molecule has 0 radical (unpaired) electrons. The van der Waals surface area contributed by atoms with Gasteiger partial charge in [0.25, 0.3) is 0 Å². The van der Waals surface area contributed by atoms with E-state index < -0.39 is 36.4 Å². The summed E-state index contributed by atoms with van der Waals surface area (Å²) in [6, 6.07) is 19.0. The molecule has 9 heteroatoms. The molecule has 62 heavy (non-hydrogen) atoms. The van der Waals surface area contributed by atoms with Crippen LogP contribution < -0.4 is 9.72 Å². The first-order chi connectivity index (χ1) is 30.2. The minimum atomic E-state index is -0.669. The van der Waals surface area contributed by atoms with Crippen molar-refractivity contribution in [1.29, 1.82) is 0 Å². The Hall–Kier alpha value is -4.02. The van der Waals surface area contributed by atoms with Crippen molar-refractivity contribution in [2.75, 3.05) is 7.11 Å². The summed E-state index contributed by atoms with van der Waals surface area (Å²) in [7, 11) is 1.44. The van der Waals surface area contributed by atoms with Crippen LogP contribution in [0.2, 0.25) is 0 Å². The number of phenols is 3. The standard InChI is InChI=1S/C53H68NO8/c1-61-52-42(24-32-20-23-54-30-32)49(43(31-55)50(59)51(52)60)48-28-45(57)39-18-15-36(27-47(39)62-48)35-16-19-44(56)41(26-35)40-25-34(33-10-6-7-11-33)14-17-38(40)46(58)29-53(21-8-3-9-22-53)37-12-4-2-5-13-37/h2,4-5,12-13,16,19-20,23,26,30,33-34,36,38-40,45-48,55-60H,3,6-11,14-15,17-18,21-22,24-25,27-29,31H2,1H3/q-1/t34-,36-,38+,39-,40-,45+,46-,47+,48+/m1/s1. The number of hydrogen-bond acceptors (Lipinski definition) is 8. The summed E-state index contributed by atoms with van der Waals surface area (Å²) in [5.74, 6) is 1.03. The van der Waals surface area contributed by atoms with Gasteiger partial charge < -0.3 is 45.1 Å². The normalized spacial score (nSPS) is 29.5. The fraction of sp³-hybridized carbons (Fsp3) is 0.585. The molecule has 6 N–H and O–H groups in total. The van der Waals surface area contributed by atoms with Crippen molar-refractivity contribution in [3.05, 3.63) is 106 Å². The van der Waals surface area contributed by atoms with Crippen LogP contribution in [0.5, 0.6) is 23.0 Å². The molecule has 3 aromatic carbocycles. The molecule has 4 saturated carbocycles. The average molecular weight is 847 g/mol. The molecule has 0 unspecified atom stereocenters. The highest BCUT2D eigenvalue weighted by atomic mass is 16.5. The Morgan fingerprint density at radius 2 is 1.61 bits per heavy atom. The predicted octanol–water partition coefficient (Wildman–Crippen LogP) is 9.97. The third-order valence-corrected chi connectivity index (χ3v) is 16.7. The SMILES string of the molecule is COc1c(O)c(O)c(CO)c([C@@H]2C[C@H](O)[C@H]3CC[C@@H](c4ccc(O)c([C@@H]5C[C@H](C6CCCC6)CC[C@@H]5[C@H](O)CC5(c6ccccc6)CCCCC5)c4)C[C@@H]3O2)c1Cc1cc[n-]c1. The minimum absolute atomic E-state index is 0.0277. The Kier molecular flexibility index (Phi) is 13.0. The molecule has 1 saturated heterocycles. The lowest BCUT2D eigenvalue weighted by Gasteiger charge is -2.46. The molecule has 1 aliphatic heterocycles. The second-order valence-electron chi connectivity index (χ2n) is 19.9. The van der Waals surface area contributed by atoms with E-state index in [-0.39, 0.29) is 52.9 Å². The third kappa shape index (κ3) is 8.39. The lowest BCUT2D eigenvalue weighted by atomic mass is 9.61. The van der Waals surface area contributed by atoms with Crippen molar-refractivity contribution in [2.45, 2.75) is 164 Å². The van der Waals surface area contributed by atoms with E-state index in [4.69, 9.17) is 9.47 Å². The van der Waals surface area contributed by atoms with E-state index in [1.54, 1.807) is 12.4 Å². The van der Waals surface area contributed by atoms with Crippen molar-refractivity contribution < 1.29 is 40.1 Å². The molecule has 334 valence electrons. The van der Waals surface area contributed by atoms with Gasteiger partial charge in [0, 0.05) is 23.5 Å². The number of methoxy groups -OCH3 is 1. The lowest BCUT2D eigenvalue weighted by Crippen LogP contribution is -2.44. The van der Waals surface area contributed by atoms with Crippen LogP contribution in [0.4, 0.5) is 0 Å². The molecule has 4 aromatic rings. The number of ether oxygens (including phenoxy) is 2. The van der Waals surface area contributed by atoms with Gasteiger partial charge in [0.05, 0.1) is 38.1 Å². The maximum absolute atomic E-state index is 12.5. The molecular weight excluding hydrogens is 779 g/mol. The molecule has 1 aromatic heterocycles. The summed E-state index contributed by atoms with van der Waals surface area (Å²) in [6.45, 7) is -0.528. The highest BCUT2D eigenvalue weighted by Crippen LogP contribution is 2.55. The Balaban J connectivity index is 1.00. The molecule has 5 aliphatic rings. The average Bonchev–Trinajstić information content (AvgIpc) is 4.04. The number of aromatic hydroxyl groups is 3. The highest BCUT2D eigenvalue weighted by molar-refractivity contribution is 5.64. The van der Waals surface area contributed by atoms with Crippen molar-refractivity contribution >= 4 is 0 Å². The lowest BCUT2D eigenvalue weighted by molar-refractivity contribution is -0.154. The zero-order chi connectivity index (χ0) is 43.0. The number of fused-ring (bicyclic) bond motifs is 1. The molecule has 2 heterocycles. The van der Waals surface area contributed by atoms with E-state index in [0.717, 1.165) is 74.0 Å². The van der Waals surface area contributed by atoms with Gasteiger partial charge in [-0.1, -0.05) is 99.0 Å². The molecule has 9 rings (SSSR count). The van der Waals surface area contributed by atoms with E-state index in [2.05, 4.69) is 47.4 Å². The fourth-order valence-corrected chi connectivity index (χ4v) is 13.5. The summed E-state index contributed by atoms with van der Waals surface area (Å²) in [5, 5.41) is 68.9. The van der Waals surface area contributed by atoms with Crippen LogP contribution in [-0.4, -0.2) is 56.1 Å². The Labute approximate surface area is 367 Å². The first kappa shape index (κ1) is 43.2. The number of aliphatic hydroxyl groups excluding tert-OH is 3. The van der Waals surface area contributed by atoms with Crippen LogP contribution >= 0.6 is 0 Å². The van der Waals surface area contributed by atoms with Gasteiger partial charge in [-0.2, -0.15) is 12.4 Å². The maximum Gasteiger partial charge on any atom is 0.201 e. The summed E-state index contributed by atoms with van der Waals surface area (Å²) in [4.78, 5) is 4.21. The first-order valence-electron chi connectivity index (χ1n) is 23.9. The number of benzene rings is 3. The summed E-state index contributed by atoms with van der Waals surface area (Å²) in [6.07, 6.45) is 19.1. The second kappa shape index (κ2) is 18.6. The number of aliphatic hydroxyl groups is 3. The van der Waals surface area contributed by atoms with Gasteiger partial charge in [-0.25, -0.2) is 0 Å². The van der Waals surface area contributed by atoms with Crippen molar-refractivity contribution in [3.63, 3.8) is 0 Å². The highest BCUT2D eigenvalue weighted by Gasteiger charge is 2.46. The third-order valence-electron chi connectivity index (χ3n) is 16.7. The molecule has 9 nitrogen and oxygen atoms in total. The van der Waals surface area contributed by atoms with Gasteiger partial charge in [0.15, 0.2) is 11.5 Å². The monoisotopic (exact) mass is 846 g/mol. The van der Waals surface area contributed by atoms with E-state index in [9.17, 15) is 30.6 Å². The summed E-state index contributed by atoms with van der Waals surface area (Å²) < 4.78 is 12.7. The van der Waals surface area contributed by atoms with Crippen LogP contribution in [-0.2, 0) is 23.2 Å².